The van der Waals surface area contributed by atoms with Gasteiger partial charge in [0.2, 0.25) is 15.9 Å². The average Bonchev–Trinajstić information content (AvgIpc) is 3.03. The molecule has 5 nitrogen and oxygen atoms in total. The summed E-state index contributed by atoms with van der Waals surface area (Å²) < 4.78 is 27.8. The molecule has 3 rings (SSSR count). The second-order valence-corrected chi connectivity index (χ2v) is 8.28. The first kappa shape index (κ1) is 15.5. The smallest absolute Gasteiger partial charge is 0.240 e. The largest absolute Gasteiger partial charge is 0.325 e. The van der Waals surface area contributed by atoms with E-state index in [4.69, 9.17) is 0 Å². The number of carbonyl (C=O) groups is 1. The van der Waals surface area contributed by atoms with Crippen LogP contribution in [0, 0.1) is 5.92 Å². The molecule has 0 saturated heterocycles. The van der Waals surface area contributed by atoms with E-state index in [-0.39, 0.29) is 28.7 Å². The van der Waals surface area contributed by atoms with E-state index in [2.05, 4.69) is 10.0 Å². The summed E-state index contributed by atoms with van der Waals surface area (Å²) in [4.78, 5) is 12.3. The van der Waals surface area contributed by atoms with Crippen molar-refractivity contribution in [1.29, 1.82) is 0 Å². The number of carbonyl (C=O) groups excluding carboxylic acids is 1. The molecule has 6 heteroatoms. The molecule has 0 spiro atoms. The van der Waals surface area contributed by atoms with Gasteiger partial charge in [0.05, 0.1) is 10.8 Å². The van der Waals surface area contributed by atoms with Crippen LogP contribution in [0.5, 0.6) is 0 Å². The predicted octanol–water partition coefficient (Wildman–Crippen LogP) is 2.60. The minimum atomic E-state index is -3.52. The number of hydrogen-bond acceptors (Lipinski definition) is 3. The van der Waals surface area contributed by atoms with Crippen LogP contribution in [0.4, 0.5) is 5.69 Å². The van der Waals surface area contributed by atoms with Crippen molar-refractivity contribution in [3.05, 3.63) is 23.8 Å². The minimum absolute atomic E-state index is 0.0407. The Morgan fingerprint density at radius 2 is 1.91 bits per heavy atom. The molecule has 1 aromatic carbocycles. The fourth-order valence-electron chi connectivity index (χ4n) is 3.42. The lowest BCUT2D eigenvalue weighted by Gasteiger charge is -2.15. The molecule has 22 heavy (non-hydrogen) atoms. The summed E-state index contributed by atoms with van der Waals surface area (Å²) in [6.45, 7) is 3.94. The Hall–Kier alpha value is -1.40. The van der Waals surface area contributed by atoms with Gasteiger partial charge in [-0.1, -0.05) is 26.7 Å². The molecular formula is C16H22N2O3S. The molecular weight excluding hydrogens is 300 g/mol. The topological polar surface area (TPSA) is 75.3 Å². The van der Waals surface area contributed by atoms with Crippen LogP contribution in [0.1, 0.15) is 51.0 Å². The number of rotatable bonds is 4. The number of benzene rings is 1. The Bertz CT molecular complexity index is 691. The first-order valence-corrected chi connectivity index (χ1v) is 9.34. The normalized spacial score (nSPS) is 22.1. The van der Waals surface area contributed by atoms with Gasteiger partial charge in [0, 0.05) is 11.7 Å². The fraction of sp³-hybridized carbons (Fsp3) is 0.562. The van der Waals surface area contributed by atoms with Gasteiger partial charge in [-0.05, 0) is 42.5 Å². The average molecular weight is 322 g/mol. The number of fused-ring (bicyclic) bond motifs is 1. The third-order valence-electron chi connectivity index (χ3n) is 4.55. The maximum absolute atomic E-state index is 12.5. The lowest BCUT2D eigenvalue weighted by atomic mass is 9.90. The molecule has 120 valence electrons. The van der Waals surface area contributed by atoms with Gasteiger partial charge in [0.1, 0.15) is 0 Å². The second-order valence-electron chi connectivity index (χ2n) is 6.56. The van der Waals surface area contributed by atoms with Gasteiger partial charge in [-0.15, -0.1) is 0 Å². The van der Waals surface area contributed by atoms with Crippen molar-refractivity contribution < 1.29 is 13.2 Å². The lowest BCUT2D eigenvalue weighted by Crippen LogP contribution is -2.32. The monoisotopic (exact) mass is 322 g/mol. The van der Waals surface area contributed by atoms with Gasteiger partial charge in [-0.2, -0.15) is 0 Å². The fourth-order valence-corrected chi connectivity index (χ4v) is 4.76. The van der Waals surface area contributed by atoms with Crippen molar-refractivity contribution >= 4 is 21.6 Å². The summed E-state index contributed by atoms with van der Waals surface area (Å²) in [5, 5.41) is 2.83. The highest BCUT2D eigenvalue weighted by atomic mass is 32.2. The molecule has 1 amide bonds. The zero-order chi connectivity index (χ0) is 15.9. The van der Waals surface area contributed by atoms with Crippen LogP contribution < -0.4 is 10.0 Å². The van der Waals surface area contributed by atoms with Gasteiger partial charge in [0.25, 0.3) is 0 Å². The van der Waals surface area contributed by atoms with E-state index in [1.165, 1.54) is 0 Å². The number of sulfonamides is 1. The van der Waals surface area contributed by atoms with E-state index in [0.29, 0.717) is 0 Å². The van der Waals surface area contributed by atoms with Crippen molar-refractivity contribution in [2.75, 3.05) is 5.32 Å². The number of nitrogens with one attached hydrogen (secondary N) is 2. The highest BCUT2D eigenvalue weighted by Gasteiger charge is 2.34. The molecule has 1 heterocycles. The third-order valence-corrected chi connectivity index (χ3v) is 6.07. The lowest BCUT2D eigenvalue weighted by molar-refractivity contribution is -0.117. The van der Waals surface area contributed by atoms with Gasteiger partial charge in [-0.3, -0.25) is 4.79 Å². The Kier molecular flexibility index (Phi) is 3.99. The van der Waals surface area contributed by atoms with Crippen LogP contribution in [-0.2, 0) is 14.8 Å². The van der Waals surface area contributed by atoms with Crippen LogP contribution in [-0.4, -0.2) is 20.4 Å². The minimum Gasteiger partial charge on any atom is -0.325 e. The summed E-state index contributed by atoms with van der Waals surface area (Å²) in [5.74, 6) is -0.207. The van der Waals surface area contributed by atoms with Gasteiger partial charge in [0.15, 0.2) is 0 Å². The second kappa shape index (κ2) is 5.66. The summed E-state index contributed by atoms with van der Waals surface area (Å²) in [6, 6.07) is 4.95. The standard InChI is InChI=1S/C16H22N2O3S/c1-10(2)15-13-9-12(7-8-14(13)17-16(15)19)22(20,21)18-11-5-3-4-6-11/h7-11,15,18H,3-6H2,1-2H3,(H,17,19). The molecule has 1 aliphatic carbocycles. The molecule has 1 saturated carbocycles. The van der Waals surface area contributed by atoms with Crippen LogP contribution in [0.25, 0.3) is 0 Å². The highest BCUT2D eigenvalue weighted by molar-refractivity contribution is 7.89. The summed E-state index contributed by atoms with van der Waals surface area (Å²) in [7, 11) is -3.52. The molecule has 1 fully saturated rings. The van der Waals surface area contributed by atoms with E-state index < -0.39 is 10.0 Å². The SMILES string of the molecule is CC(C)C1C(=O)Nc2ccc(S(=O)(=O)NC3CCCC3)cc21. The quantitative estimate of drug-likeness (QED) is 0.894. The van der Waals surface area contributed by atoms with Crippen molar-refractivity contribution in [3.63, 3.8) is 0 Å². The molecule has 0 radical (unpaired) electrons. The first-order valence-electron chi connectivity index (χ1n) is 7.85. The highest BCUT2D eigenvalue weighted by Crippen LogP contribution is 2.38. The van der Waals surface area contributed by atoms with Crippen LogP contribution in [0.2, 0.25) is 0 Å². The molecule has 0 aromatic heterocycles. The summed E-state index contributed by atoms with van der Waals surface area (Å²) >= 11 is 0. The van der Waals surface area contributed by atoms with E-state index in [1.54, 1.807) is 18.2 Å². The van der Waals surface area contributed by atoms with Crippen molar-refractivity contribution in [2.45, 2.75) is 56.4 Å². The van der Waals surface area contributed by atoms with Crippen molar-refractivity contribution in [2.24, 2.45) is 5.92 Å². The number of anilines is 1. The number of hydrogen-bond donors (Lipinski definition) is 2. The molecule has 2 aliphatic rings. The van der Waals surface area contributed by atoms with E-state index in [0.717, 1.165) is 36.9 Å². The van der Waals surface area contributed by atoms with Crippen LogP contribution in [0.3, 0.4) is 0 Å². The zero-order valence-electron chi connectivity index (χ0n) is 12.9. The Balaban J connectivity index is 1.91. The van der Waals surface area contributed by atoms with Crippen LogP contribution in [0.15, 0.2) is 23.1 Å². The van der Waals surface area contributed by atoms with Crippen molar-refractivity contribution in [1.82, 2.24) is 4.72 Å². The maximum Gasteiger partial charge on any atom is 0.240 e. The summed E-state index contributed by atoms with van der Waals surface area (Å²) in [5.41, 5.74) is 1.51. The summed E-state index contributed by atoms with van der Waals surface area (Å²) in [6.07, 6.45) is 3.95. The van der Waals surface area contributed by atoms with E-state index in [1.807, 2.05) is 13.8 Å². The molecule has 1 atom stereocenters. The first-order chi connectivity index (χ1) is 10.4. The predicted molar refractivity (Wildman–Crippen MR) is 85.2 cm³/mol. The maximum atomic E-state index is 12.5. The number of amides is 1. The van der Waals surface area contributed by atoms with Crippen LogP contribution >= 0.6 is 0 Å². The Morgan fingerprint density at radius 3 is 2.55 bits per heavy atom. The van der Waals surface area contributed by atoms with E-state index in [9.17, 15) is 13.2 Å². The molecule has 1 aliphatic heterocycles. The van der Waals surface area contributed by atoms with Gasteiger partial charge < -0.3 is 5.32 Å². The molecule has 1 unspecified atom stereocenters. The van der Waals surface area contributed by atoms with Gasteiger partial charge >= 0.3 is 0 Å². The third kappa shape index (κ3) is 2.77. The molecule has 1 aromatic rings. The van der Waals surface area contributed by atoms with E-state index >= 15 is 0 Å². The Labute approximate surface area is 131 Å². The Morgan fingerprint density at radius 1 is 1.23 bits per heavy atom. The zero-order valence-corrected chi connectivity index (χ0v) is 13.7. The van der Waals surface area contributed by atoms with Gasteiger partial charge in [-0.25, -0.2) is 13.1 Å². The molecule has 0 bridgehead atoms. The van der Waals surface area contributed by atoms with Crippen molar-refractivity contribution in [3.8, 4) is 0 Å². The molecule has 2 N–H and O–H groups in total.